The molecule has 0 aliphatic heterocycles. The van der Waals surface area contributed by atoms with E-state index in [9.17, 15) is 0 Å². The third-order valence-corrected chi connectivity index (χ3v) is 7.44. The second-order valence-electron chi connectivity index (χ2n) is 11.3. The average molecular weight is 540 g/mol. The maximum Gasteiger partial charge on any atom is 0.148 e. The summed E-state index contributed by atoms with van der Waals surface area (Å²) in [6.45, 7) is 5.91. The van der Waals surface area contributed by atoms with Crippen LogP contribution in [0.3, 0.4) is 0 Å². The van der Waals surface area contributed by atoms with Crippen LogP contribution in [0.25, 0.3) is 44.2 Å². The number of hydrogen-bond acceptors (Lipinski definition) is 1. The van der Waals surface area contributed by atoms with Crippen molar-refractivity contribution in [3.63, 3.8) is 0 Å². The van der Waals surface area contributed by atoms with Crippen LogP contribution in [0.15, 0.2) is 133 Å². The fourth-order valence-electron chi connectivity index (χ4n) is 5.51. The zero-order valence-electron chi connectivity index (χ0n) is 23.4. The molecule has 0 spiro atoms. The highest BCUT2D eigenvalue weighted by molar-refractivity contribution is 5.90. The maximum absolute atomic E-state index is 16.4. The van der Waals surface area contributed by atoms with Crippen molar-refractivity contribution in [2.45, 2.75) is 26.3 Å². The Hall–Kier alpha value is -4.76. The highest BCUT2D eigenvalue weighted by Crippen LogP contribution is 2.44. The highest BCUT2D eigenvalue weighted by atomic mass is 19.1. The SMILES string of the molecule is CC(C)(C)N(c1ccccc1F)c1c(F)cc(-c2ccccc2)cc1-c1ccc(-c2ccc3ccccc3c2)cc1. The molecule has 0 N–H and O–H groups in total. The van der Waals surface area contributed by atoms with E-state index in [1.165, 1.54) is 16.8 Å². The summed E-state index contributed by atoms with van der Waals surface area (Å²) in [6, 6.07) is 42.8. The van der Waals surface area contributed by atoms with Crippen LogP contribution < -0.4 is 4.90 Å². The fraction of sp³-hybridized carbons (Fsp3) is 0.105. The van der Waals surface area contributed by atoms with E-state index in [4.69, 9.17) is 0 Å². The molecule has 0 amide bonds. The van der Waals surface area contributed by atoms with Gasteiger partial charge in [0.2, 0.25) is 0 Å². The lowest BCUT2D eigenvalue weighted by molar-refractivity contribution is 0.527. The standard InChI is InChI=1S/C38H31F2N/c1-38(2,3)41(36-16-10-9-15-34(36)39)37-33(24-32(25-35(37)40)26-11-5-4-6-12-26)29-20-17-28(18-21-29)31-22-19-27-13-7-8-14-30(27)23-31/h4-25H,1-3H3. The van der Waals surface area contributed by atoms with Crippen molar-refractivity contribution in [1.29, 1.82) is 0 Å². The summed E-state index contributed by atoms with van der Waals surface area (Å²) in [6.07, 6.45) is 0. The molecule has 3 heteroatoms. The fourth-order valence-corrected chi connectivity index (χ4v) is 5.51. The summed E-state index contributed by atoms with van der Waals surface area (Å²) in [7, 11) is 0. The van der Waals surface area contributed by atoms with Crippen molar-refractivity contribution >= 4 is 22.1 Å². The number of anilines is 2. The Morgan fingerprint density at radius 3 is 1.76 bits per heavy atom. The van der Waals surface area contributed by atoms with Crippen LogP contribution >= 0.6 is 0 Å². The summed E-state index contributed by atoms with van der Waals surface area (Å²) in [5.41, 5.74) is 5.49. The predicted octanol–water partition coefficient (Wildman–Crippen LogP) is 11.1. The zero-order valence-corrected chi connectivity index (χ0v) is 23.4. The van der Waals surface area contributed by atoms with E-state index in [-0.39, 0.29) is 0 Å². The topological polar surface area (TPSA) is 3.24 Å². The van der Waals surface area contributed by atoms with Crippen LogP contribution in [0, 0.1) is 11.6 Å². The molecule has 202 valence electrons. The average Bonchev–Trinajstić information content (AvgIpc) is 2.98. The van der Waals surface area contributed by atoms with Gasteiger partial charge < -0.3 is 4.90 Å². The number of fused-ring (bicyclic) bond motifs is 1. The maximum atomic E-state index is 16.4. The quantitative estimate of drug-likeness (QED) is 0.211. The van der Waals surface area contributed by atoms with Crippen molar-refractivity contribution < 1.29 is 8.78 Å². The number of halogens is 2. The van der Waals surface area contributed by atoms with Gasteiger partial charge in [-0.2, -0.15) is 0 Å². The van der Waals surface area contributed by atoms with E-state index < -0.39 is 17.2 Å². The molecule has 0 fully saturated rings. The molecule has 0 saturated heterocycles. The Morgan fingerprint density at radius 2 is 1.05 bits per heavy atom. The summed E-state index contributed by atoms with van der Waals surface area (Å²) >= 11 is 0. The van der Waals surface area contributed by atoms with Gasteiger partial charge in [-0.25, -0.2) is 8.78 Å². The second kappa shape index (κ2) is 10.7. The molecular formula is C38H31F2N. The minimum atomic E-state index is -0.614. The number of benzene rings is 6. The third kappa shape index (κ3) is 5.24. The third-order valence-electron chi connectivity index (χ3n) is 7.44. The van der Waals surface area contributed by atoms with E-state index in [1.54, 1.807) is 29.2 Å². The zero-order chi connectivity index (χ0) is 28.6. The van der Waals surface area contributed by atoms with Gasteiger partial charge in [-0.1, -0.05) is 103 Å². The first-order chi connectivity index (χ1) is 19.8. The summed E-state index contributed by atoms with van der Waals surface area (Å²) in [5.74, 6) is -0.801. The molecule has 6 aromatic rings. The lowest BCUT2D eigenvalue weighted by atomic mass is 9.92. The minimum absolute atomic E-state index is 0.334. The molecule has 0 aliphatic carbocycles. The summed E-state index contributed by atoms with van der Waals surface area (Å²) < 4.78 is 31.7. The van der Waals surface area contributed by atoms with Crippen LogP contribution in [-0.4, -0.2) is 5.54 Å². The van der Waals surface area contributed by atoms with E-state index in [2.05, 4.69) is 42.5 Å². The Balaban J connectivity index is 1.53. The van der Waals surface area contributed by atoms with Crippen molar-refractivity contribution in [2.24, 2.45) is 0 Å². The Kier molecular flexibility index (Phi) is 6.88. The van der Waals surface area contributed by atoms with Gasteiger partial charge in [0.25, 0.3) is 0 Å². The molecule has 0 aromatic heterocycles. The predicted molar refractivity (Wildman–Crippen MR) is 169 cm³/mol. The smallest absolute Gasteiger partial charge is 0.148 e. The lowest BCUT2D eigenvalue weighted by Gasteiger charge is -2.39. The van der Waals surface area contributed by atoms with Crippen LogP contribution in [0.5, 0.6) is 0 Å². The Bertz CT molecular complexity index is 1830. The van der Waals surface area contributed by atoms with Gasteiger partial charge >= 0.3 is 0 Å². The van der Waals surface area contributed by atoms with Gasteiger partial charge in [0.15, 0.2) is 0 Å². The normalized spacial score (nSPS) is 11.5. The Morgan fingerprint density at radius 1 is 0.463 bits per heavy atom. The van der Waals surface area contributed by atoms with Crippen LogP contribution in [0.2, 0.25) is 0 Å². The number of rotatable bonds is 5. The summed E-state index contributed by atoms with van der Waals surface area (Å²) in [4.78, 5) is 1.78. The van der Waals surface area contributed by atoms with Crippen LogP contribution in [0.1, 0.15) is 20.8 Å². The summed E-state index contributed by atoms with van der Waals surface area (Å²) in [5, 5.41) is 2.38. The van der Waals surface area contributed by atoms with Crippen molar-refractivity contribution in [1.82, 2.24) is 0 Å². The van der Waals surface area contributed by atoms with Crippen LogP contribution in [-0.2, 0) is 0 Å². The molecule has 0 heterocycles. The largest absolute Gasteiger partial charge is 0.331 e. The molecule has 6 aromatic carbocycles. The van der Waals surface area contributed by atoms with Gasteiger partial charge in [0, 0.05) is 11.1 Å². The molecule has 0 atom stereocenters. The lowest BCUT2D eigenvalue weighted by Crippen LogP contribution is -2.39. The minimum Gasteiger partial charge on any atom is -0.331 e. The first-order valence-corrected chi connectivity index (χ1v) is 13.8. The molecule has 6 rings (SSSR count). The molecule has 0 saturated carbocycles. The molecule has 0 bridgehead atoms. The first-order valence-electron chi connectivity index (χ1n) is 13.8. The van der Waals surface area contributed by atoms with E-state index >= 15 is 8.78 Å². The molecule has 1 nitrogen and oxygen atoms in total. The molecular weight excluding hydrogens is 508 g/mol. The van der Waals surface area contributed by atoms with E-state index in [0.717, 1.165) is 27.8 Å². The van der Waals surface area contributed by atoms with Gasteiger partial charge in [0.05, 0.1) is 11.4 Å². The Labute approximate surface area is 240 Å². The first kappa shape index (κ1) is 26.5. The second-order valence-corrected chi connectivity index (χ2v) is 11.3. The van der Waals surface area contributed by atoms with Gasteiger partial charge in [-0.3, -0.25) is 0 Å². The van der Waals surface area contributed by atoms with Crippen LogP contribution in [0.4, 0.5) is 20.2 Å². The number of nitrogens with zero attached hydrogens (tertiary/aromatic N) is 1. The van der Waals surface area contributed by atoms with Gasteiger partial charge in [0.1, 0.15) is 11.6 Å². The van der Waals surface area contributed by atoms with Crippen molar-refractivity contribution in [3.05, 3.63) is 145 Å². The van der Waals surface area contributed by atoms with E-state index in [1.807, 2.05) is 81.4 Å². The van der Waals surface area contributed by atoms with Gasteiger partial charge in [-0.05, 0) is 89.7 Å². The molecule has 0 radical (unpaired) electrons. The van der Waals surface area contributed by atoms with E-state index in [0.29, 0.717) is 16.9 Å². The monoisotopic (exact) mass is 539 g/mol. The molecule has 0 unspecified atom stereocenters. The number of hydrogen-bond donors (Lipinski definition) is 0. The molecule has 0 aliphatic rings. The van der Waals surface area contributed by atoms with Crippen molar-refractivity contribution in [2.75, 3.05) is 4.90 Å². The van der Waals surface area contributed by atoms with Gasteiger partial charge in [-0.15, -0.1) is 0 Å². The number of para-hydroxylation sites is 1. The molecule has 41 heavy (non-hydrogen) atoms. The highest BCUT2D eigenvalue weighted by Gasteiger charge is 2.31. The van der Waals surface area contributed by atoms with Crippen molar-refractivity contribution in [3.8, 4) is 33.4 Å².